The number of aromatic carboxylic acids is 1. The number of aryl methyl sites for hydroxylation is 1. The molecule has 0 heterocycles. The zero-order chi connectivity index (χ0) is 21.3. The number of carbonyl (C=O) groups excluding carboxylic acids is 1. The summed E-state index contributed by atoms with van der Waals surface area (Å²) in [5.74, 6) is -1.38. The van der Waals surface area contributed by atoms with Crippen LogP contribution in [0.3, 0.4) is 0 Å². The van der Waals surface area contributed by atoms with Gasteiger partial charge in [0.15, 0.2) is 0 Å². The maximum atomic E-state index is 12.8. The Morgan fingerprint density at radius 3 is 1.86 bits per heavy atom. The van der Waals surface area contributed by atoms with E-state index in [4.69, 9.17) is 5.11 Å². The van der Waals surface area contributed by atoms with Gasteiger partial charge in [0.25, 0.3) is 0 Å². The highest BCUT2D eigenvalue weighted by atomic mass is 19.4. The fraction of sp³-hybridized carbons (Fsp3) is 0.176. The number of amides is 2. The zero-order valence-electron chi connectivity index (χ0n) is 14.0. The summed E-state index contributed by atoms with van der Waals surface area (Å²) in [5.41, 5.74) is -3.87. The quantitative estimate of drug-likeness (QED) is 0.600. The highest BCUT2D eigenvalue weighted by Crippen LogP contribution is 2.37. The molecule has 0 atom stereocenters. The first-order chi connectivity index (χ1) is 12.8. The van der Waals surface area contributed by atoms with E-state index in [1.54, 1.807) is 6.92 Å². The van der Waals surface area contributed by atoms with E-state index >= 15 is 0 Å². The van der Waals surface area contributed by atoms with Crippen LogP contribution in [0.4, 0.5) is 42.5 Å². The number of carboxylic acid groups (broad SMARTS) is 1. The predicted octanol–water partition coefficient (Wildman–Crippen LogP) is 5.37. The van der Waals surface area contributed by atoms with Crippen LogP contribution < -0.4 is 10.6 Å². The number of hydrogen-bond donors (Lipinski definition) is 3. The normalized spacial score (nSPS) is 11.8. The second-order valence-corrected chi connectivity index (χ2v) is 5.73. The van der Waals surface area contributed by atoms with Gasteiger partial charge in [0.05, 0.1) is 22.4 Å². The predicted molar refractivity (Wildman–Crippen MR) is 87.2 cm³/mol. The molecule has 0 bridgehead atoms. The third kappa shape index (κ3) is 5.15. The summed E-state index contributed by atoms with van der Waals surface area (Å²) < 4.78 is 77.0. The minimum Gasteiger partial charge on any atom is -0.478 e. The second kappa shape index (κ2) is 7.41. The number of halogens is 6. The molecule has 0 saturated heterocycles. The summed E-state index contributed by atoms with van der Waals surface area (Å²) in [4.78, 5) is 23.2. The average molecular weight is 406 g/mol. The third-order valence-corrected chi connectivity index (χ3v) is 3.50. The lowest BCUT2D eigenvalue weighted by Crippen LogP contribution is -2.22. The fourth-order valence-electron chi connectivity index (χ4n) is 2.26. The molecule has 2 aromatic carbocycles. The molecular formula is C17H12F6N2O3. The number of hydrogen-bond acceptors (Lipinski definition) is 2. The molecule has 2 aromatic rings. The molecule has 2 rings (SSSR count). The second-order valence-electron chi connectivity index (χ2n) is 5.73. The van der Waals surface area contributed by atoms with E-state index in [0.717, 1.165) is 0 Å². The van der Waals surface area contributed by atoms with E-state index in [1.807, 2.05) is 5.32 Å². The first kappa shape index (κ1) is 21.1. The molecule has 0 spiro atoms. The molecule has 11 heteroatoms. The molecule has 0 unspecified atom stereocenters. The maximum Gasteiger partial charge on any atom is 0.416 e. The summed E-state index contributed by atoms with van der Waals surface area (Å²) in [7, 11) is 0. The van der Waals surface area contributed by atoms with Crippen molar-refractivity contribution in [2.75, 3.05) is 10.6 Å². The standard InChI is InChI=1S/C17H12F6N2O3/c1-8-2-3-13(12(4-8)14(26)27)25-15(28)24-11-6-9(16(18,19)20)5-10(7-11)17(21,22)23/h2-7H,1H3,(H,26,27)(H2,24,25,28). The molecule has 150 valence electrons. The topological polar surface area (TPSA) is 78.4 Å². The van der Waals surface area contributed by atoms with E-state index in [9.17, 15) is 35.9 Å². The third-order valence-electron chi connectivity index (χ3n) is 3.50. The summed E-state index contributed by atoms with van der Waals surface area (Å²) in [6, 6.07) is 3.33. The Kier molecular flexibility index (Phi) is 5.57. The van der Waals surface area contributed by atoms with Gasteiger partial charge in [-0.05, 0) is 37.3 Å². The molecule has 0 aliphatic heterocycles. The van der Waals surface area contributed by atoms with Gasteiger partial charge in [0, 0.05) is 5.69 Å². The van der Waals surface area contributed by atoms with Crippen molar-refractivity contribution in [3.8, 4) is 0 Å². The van der Waals surface area contributed by atoms with Gasteiger partial charge in [-0.3, -0.25) is 0 Å². The van der Waals surface area contributed by atoms with E-state index in [1.165, 1.54) is 18.2 Å². The molecule has 0 fully saturated rings. The Morgan fingerprint density at radius 2 is 1.39 bits per heavy atom. The number of urea groups is 1. The SMILES string of the molecule is Cc1ccc(NC(=O)Nc2cc(C(F)(F)F)cc(C(F)(F)F)c2)c(C(=O)O)c1. The van der Waals surface area contributed by atoms with Crippen molar-refractivity contribution in [2.24, 2.45) is 0 Å². The van der Waals surface area contributed by atoms with Gasteiger partial charge >= 0.3 is 24.4 Å². The van der Waals surface area contributed by atoms with Gasteiger partial charge in [-0.15, -0.1) is 0 Å². The van der Waals surface area contributed by atoms with Crippen molar-refractivity contribution in [1.82, 2.24) is 0 Å². The molecule has 3 N–H and O–H groups in total. The van der Waals surface area contributed by atoms with Crippen molar-refractivity contribution >= 4 is 23.4 Å². The Morgan fingerprint density at radius 1 is 0.857 bits per heavy atom. The summed E-state index contributed by atoms with van der Waals surface area (Å²) >= 11 is 0. The molecule has 0 aromatic heterocycles. The number of benzene rings is 2. The van der Waals surface area contributed by atoms with Crippen molar-refractivity contribution in [3.05, 3.63) is 58.7 Å². The lowest BCUT2D eigenvalue weighted by Gasteiger charge is -2.15. The molecule has 5 nitrogen and oxygen atoms in total. The summed E-state index contributed by atoms with van der Waals surface area (Å²) in [6.07, 6.45) is -10.1. The number of carboxylic acids is 1. The Bertz CT molecular complexity index is 890. The first-order valence-electron chi connectivity index (χ1n) is 7.49. The van der Waals surface area contributed by atoms with Crippen LogP contribution in [0.15, 0.2) is 36.4 Å². The molecule has 28 heavy (non-hydrogen) atoms. The van der Waals surface area contributed by atoms with Gasteiger partial charge in [-0.25, -0.2) is 9.59 Å². The summed E-state index contributed by atoms with van der Waals surface area (Å²) in [5, 5.41) is 13.1. The van der Waals surface area contributed by atoms with Gasteiger partial charge in [-0.1, -0.05) is 11.6 Å². The van der Waals surface area contributed by atoms with Gasteiger partial charge in [0.1, 0.15) is 0 Å². The van der Waals surface area contributed by atoms with Crippen molar-refractivity contribution in [2.45, 2.75) is 19.3 Å². The highest BCUT2D eigenvalue weighted by Gasteiger charge is 2.37. The molecule has 0 aliphatic rings. The van der Waals surface area contributed by atoms with Crippen LogP contribution in [0, 0.1) is 6.92 Å². The van der Waals surface area contributed by atoms with Crippen LogP contribution >= 0.6 is 0 Å². The van der Waals surface area contributed by atoms with Crippen molar-refractivity contribution < 1.29 is 41.0 Å². The fourth-order valence-corrected chi connectivity index (χ4v) is 2.26. The lowest BCUT2D eigenvalue weighted by molar-refractivity contribution is -0.143. The zero-order valence-corrected chi connectivity index (χ0v) is 14.0. The van der Waals surface area contributed by atoms with Crippen LogP contribution in [0.25, 0.3) is 0 Å². The van der Waals surface area contributed by atoms with Gasteiger partial charge in [-0.2, -0.15) is 26.3 Å². The van der Waals surface area contributed by atoms with Crippen molar-refractivity contribution in [3.63, 3.8) is 0 Å². The smallest absolute Gasteiger partial charge is 0.416 e. The molecule has 2 amide bonds. The van der Waals surface area contributed by atoms with Crippen LogP contribution in [0.5, 0.6) is 0 Å². The lowest BCUT2D eigenvalue weighted by atomic mass is 10.1. The minimum atomic E-state index is -5.07. The first-order valence-corrected chi connectivity index (χ1v) is 7.49. The Balaban J connectivity index is 2.33. The van der Waals surface area contributed by atoms with E-state index in [2.05, 4.69) is 5.32 Å². The molecule has 0 aliphatic carbocycles. The Labute approximate surface area is 154 Å². The van der Waals surface area contributed by atoms with Crippen molar-refractivity contribution in [1.29, 1.82) is 0 Å². The van der Waals surface area contributed by atoms with E-state index in [0.29, 0.717) is 17.7 Å². The van der Waals surface area contributed by atoms with E-state index < -0.39 is 41.2 Å². The van der Waals surface area contributed by atoms with Gasteiger partial charge in [0.2, 0.25) is 0 Å². The van der Waals surface area contributed by atoms with E-state index in [-0.39, 0.29) is 17.3 Å². The number of rotatable bonds is 3. The minimum absolute atomic E-state index is 0.0778. The number of alkyl halides is 6. The molecular weight excluding hydrogens is 394 g/mol. The van der Waals surface area contributed by atoms with Crippen LogP contribution in [0.2, 0.25) is 0 Å². The monoisotopic (exact) mass is 406 g/mol. The Hall–Kier alpha value is -3.24. The highest BCUT2D eigenvalue weighted by molar-refractivity contribution is 6.04. The van der Waals surface area contributed by atoms with Crippen LogP contribution in [-0.4, -0.2) is 17.1 Å². The van der Waals surface area contributed by atoms with Crippen LogP contribution in [-0.2, 0) is 12.4 Å². The molecule has 0 radical (unpaired) electrons. The average Bonchev–Trinajstić information content (AvgIpc) is 2.54. The number of anilines is 2. The van der Waals surface area contributed by atoms with Gasteiger partial charge < -0.3 is 15.7 Å². The summed E-state index contributed by atoms with van der Waals surface area (Å²) in [6.45, 7) is 1.59. The number of nitrogens with one attached hydrogen (secondary N) is 2. The molecule has 0 saturated carbocycles. The largest absolute Gasteiger partial charge is 0.478 e. The van der Waals surface area contributed by atoms with Crippen LogP contribution in [0.1, 0.15) is 27.0 Å². The number of carbonyl (C=O) groups is 2. The maximum absolute atomic E-state index is 12.8.